The molecule has 16 heteroatoms. The Morgan fingerprint density at radius 3 is 1.68 bits per heavy atom. The van der Waals surface area contributed by atoms with E-state index in [1.165, 1.54) is 6.92 Å². The van der Waals surface area contributed by atoms with Crippen molar-refractivity contribution in [3.63, 3.8) is 0 Å². The zero-order valence-corrected chi connectivity index (χ0v) is 18.9. The van der Waals surface area contributed by atoms with Crippen molar-refractivity contribution in [2.45, 2.75) is 37.6 Å². The zero-order chi connectivity index (χ0) is 21.9. The highest BCUT2D eigenvalue weighted by molar-refractivity contribution is 8.13. The molecule has 5 atom stereocenters. The summed E-state index contributed by atoms with van der Waals surface area (Å²) in [4.78, 5) is 11.3. The van der Waals surface area contributed by atoms with Crippen LogP contribution < -0.4 is 0 Å². The van der Waals surface area contributed by atoms with Crippen molar-refractivity contribution in [1.29, 1.82) is 0 Å². The SMILES string of the molecule is CO[C@H]1O[C@H](CSC(C)=O)[C@@H](OS(C)(=O)=O)[C@H](OS(C)(=O)=O)[C@H]1OS(C)(=O)=O. The van der Waals surface area contributed by atoms with Crippen molar-refractivity contribution < 1.29 is 52.1 Å². The van der Waals surface area contributed by atoms with Crippen molar-refractivity contribution in [2.75, 3.05) is 31.6 Å². The molecule has 1 saturated heterocycles. The van der Waals surface area contributed by atoms with Crippen LogP contribution in [0, 0.1) is 0 Å². The second-order valence-corrected chi connectivity index (χ2v) is 11.9. The van der Waals surface area contributed by atoms with Crippen molar-refractivity contribution in [3.05, 3.63) is 0 Å². The summed E-state index contributed by atoms with van der Waals surface area (Å²) in [6, 6.07) is 0. The Labute approximate surface area is 168 Å². The van der Waals surface area contributed by atoms with Gasteiger partial charge in [0, 0.05) is 19.8 Å². The predicted molar refractivity (Wildman–Crippen MR) is 98.0 cm³/mol. The van der Waals surface area contributed by atoms with Gasteiger partial charge in [-0.1, -0.05) is 11.8 Å². The van der Waals surface area contributed by atoms with E-state index in [0.29, 0.717) is 18.8 Å². The fourth-order valence-electron chi connectivity index (χ4n) is 2.34. The molecule has 0 amide bonds. The van der Waals surface area contributed by atoms with Gasteiger partial charge in [0.1, 0.15) is 18.3 Å². The highest BCUT2D eigenvalue weighted by Gasteiger charge is 2.52. The van der Waals surface area contributed by atoms with E-state index >= 15 is 0 Å². The van der Waals surface area contributed by atoms with Crippen LogP contribution in [0.5, 0.6) is 0 Å². The quantitative estimate of drug-likeness (QED) is 0.352. The lowest BCUT2D eigenvalue weighted by atomic mass is 10.00. The van der Waals surface area contributed by atoms with E-state index in [9.17, 15) is 30.0 Å². The molecule has 0 unspecified atom stereocenters. The number of thioether (sulfide) groups is 1. The highest BCUT2D eigenvalue weighted by atomic mass is 32.2. The highest BCUT2D eigenvalue weighted by Crippen LogP contribution is 2.32. The van der Waals surface area contributed by atoms with Gasteiger partial charge in [-0.25, -0.2) is 0 Å². The third-order valence-electron chi connectivity index (χ3n) is 3.13. The summed E-state index contributed by atoms with van der Waals surface area (Å²) in [6.07, 6.45) is -5.71. The summed E-state index contributed by atoms with van der Waals surface area (Å²) < 4.78 is 95.2. The molecule has 12 nitrogen and oxygen atoms in total. The first-order valence-electron chi connectivity index (χ1n) is 7.49. The van der Waals surface area contributed by atoms with E-state index in [0.717, 1.165) is 18.9 Å². The molecule has 0 spiro atoms. The Balaban J connectivity index is 3.45. The van der Waals surface area contributed by atoms with Gasteiger partial charge >= 0.3 is 0 Å². The van der Waals surface area contributed by atoms with Gasteiger partial charge in [-0.2, -0.15) is 25.3 Å². The number of hydrogen-bond acceptors (Lipinski definition) is 13. The van der Waals surface area contributed by atoms with Gasteiger partial charge in [-0.3, -0.25) is 17.3 Å². The van der Waals surface area contributed by atoms with Crippen molar-refractivity contribution in [2.24, 2.45) is 0 Å². The Bertz CT molecular complexity index is 862. The molecule has 0 N–H and O–H groups in total. The molecule has 1 heterocycles. The van der Waals surface area contributed by atoms with Gasteiger partial charge in [0.05, 0.1) is 18.8 Å². The van der Waals surface area contributed by atoms with Crippen LogP contribution in [0.4, 0.5) is 0 Å². The summed E-state index contributed by atoms with van der Waals surface area (Å²) in [5, 5.41) is -0.328. The molecule has 166 valence electrons. The zero-order valence-electron chi connectivity index (χ0n) is 15.6. The van der Waals surface area contributed by atoms with Gasteiger partial charge in [0.2, 0.25) is 0 Å². The molecule has 0 aromatic carbocycles. The largest absolute Gasteiger partial charge is 0.353 e. The normalized spacial score (nSPS) is 29.5. The van der Waals surface area contributed by atoms with Crippen LogP contribution in [0.3, 0.4) is 0 Å². The molecular formula is C12H22O12S4. The Hall–Kier alpha value is -0.330. The Morgan fingerprint density at radius 1 is 0.857 bits per heavy atom. The van der Waals surface area contributed by atoms with E-state index < -0.39 is 61.1 Å². The molecule has 0 saturated carbocycles. The van der Waals surface area contributed by atoms with E-state index in [1.54, 1.807) is 0 Å². The van der Waals surface area contributed by atoms with Crippen LogP contribution in [0.2, 0.25) is 0 Å². The summed E-state index contributed by atoms with van der Waals surface area (Å²) in [5.74, 6) is -0.148. The summed E-state index contributed by atoms with van der Waals surface area (Å²) in [5.41, 5.74) is 0. The Kier molecular flexibility index (Phi) is 8.86. The third kappa shape index (κ3) is 9.00. The maximum absolute atomic E-state index is 11.7. The fourth-order valence-corrected chi connectivity index (χ4v) is 4.87. The number of methoxy groups -OCH3 is 1. The van der Waals surface area contributed by atoms with Crippen molar-refractivity contribution in [1.82, 2.24) is 0 Å². The summed E-state index contributed by atoms with van der Waals surface area (Å²) >= 11 is 0.756. The maximum atomic E-state index is 11.7. The first-order chi connectivity index (χ1) is 12.5. The average Bonchev–Trinajstić information content (AvgIpc) is 2.45. The molecule has 0 bridgehead atoms. The lowest BCUT2D eigenvalue weighted by Crippen LogP contribution is -2.62. The lowest BCUT2D eigenvalue weighted by Gasteiger charge is -2.43. The minimum absolute atomic E-state index is 0.148. The van der Waals surface area contributed by atoms with Crippen LogP contribution >= 0.6 is 11.8 Å². The predicted octanol–water partition coefficient (Wildman–Crippen LogP) is -1.33. The fraction of sp³-hybridized carbons (Fsp3) is 0.917. The first-order valence-corrected chi connectivity index (χ1v) is 13.9. The van der Waals surface area contributed by atoms with Crippen molar-refractivity contribution in [3.8, 4) is 0 Å². The molecule has 28 heavy (non-hydrogen) atoms. The van der Waals surface area contributed by atoms with E-state index in [4.69, 9.17) is 22.0 Å². The molecule has 1 rings (SSSR count). The number of carbonyl (C=O) groups excluding carboxylic acids is 1. The number of carbonyl (C=O) groups is 1. The molecule has 0 aromatic heterocycles. The van der Waals surface area contributed by atoms with Crippen LogP contribution in [0.15, 0.2) is 0 Å². The standard InChI is InChI=1S/C12H22O12S4/c1-7(13)25-6-8-9(22-26(3,14)15)10(23-27(4,16)17)11(12(20-2)21-8)24-28(5,18)19/h8-12H,6H2,1-5H3/t8-,9-,10+,11-,12+/m1/s1. The second-order valence-electron chi connectivity index (χ2n) is 5.88. The molecule has 1 aliphatic heterocycles. The number of hydrogen-bond donors (Lipinski definition) is 0. The minimum atomic E-state index is -4.22. The van der Waals surface area contributed by atoms with Crippen molar-refractivity contribution >= 4 is 47.2 Å². The first kappa shape index (κ1) is 25.7. The molecule has 1 aliphatic rings. The van der Waals surface area contributed by atoms with Crippen LogP contribution in [0.25, 0.3) is 0 Å². The monoisotopic (exact) mass is 486 g/mol. The van der Waals surface area contributed by atoms with Crippen LogP contribution in [-0.4, -0.2) is 92.7 Å². The van der Waals surface area contributed by atoms with Gasteiger partial charge in [-0.15, -0.1) is 0 Å². The molecular weight excluding hydrogens is 464 g/mol. The topological polar surface area (TPSA) is 166 Å². The maximum Gasteiger partial charge on any atom is 0.264 e. The van der Waals surface area contributed by atoms with Crippen LogP contribution in [0.1, 0.15) is 6.92 Å². The second kappa shape index (κ2) is 9.65. The lowest BCUT2D eigenvalue weighted by molar-refractivity contribution is -0.267. The Morgan fingerprint density at radius 2 is 1.29 bits per heavy atom. The number of ether oxygens (including phenoxy) is 2. The van der Waals surface area contributed by atoms with E-state index in [1.807, 2.05) is 0 Å². The molecule has 0 radical (unpaired) electrons. The van der Waals surface area contributed by atoms with Gasteiger partial charge in [0.15, 0.2) is 17.5 Å². The number of rotatable bonds is 9. The molecule has 0 aliphatic carbocycles. The molecule has 0 aromatic rings. The summed E-state index contributed by atoms with van der Waals surface area (Å²) in [7, 11) is -11.4. The average molecular weight is 487 g/mol. The van der Waals surface area contributed by atoms with Crippen LogP contribution in [-0.2, 0) is 57.2 Å². The minimum Gasteiger partial charge on any atom is -0.353 e. The smallest absolute Gasteiger partial charge is 0.264 e. The third-order valence-corrected chi connectivity index (χ3v) is 5.75. The van der Waals surface area contributed by atoms with E-state index in [2.05, 4.69) is 0 Å². The molecule has 1 fully saturated rings. The van der Waals surface area contributed by atoms with E-state index in [-0.39, 0.29) is 10.9 Å². The van der Waals surface area contributed by atoms with Gasteiger partial charge in [0.25, 0.3) is 30.4 Å². The van der Waals surface area contributed by atoms with Gasteiger partial charge < -0.3 is 9.47 Å². The van der Waals surface area contributed by atoms with Gasteiger partial charge in [-0.05, 0) is 0 Å². The summed E-state index contributed by atoms with van der Waals surface area (Å²) in [6.45, 7) is 1.26.